The van der Waals surface area contributed by atoms with Crippen LogP contribution in [-0.2, 0) is 16.0 Å². The Hall–Kier alpha value is -3.72. The molecule has 1 N–H and O–H groups in total. The highest BCUT2D eigenvalue weighted by molar-refractivity contribution is 5.67. The second kappa shape index (κ2) is 8.43. The van der Waals surface area contributed by atoms with Gasteiger partial charge in [0.1, 0.15) is 5.82 Å². The van der Waals surface area contributed by atoms with Crippen molar-refractivity contribution in [3.8, 4) is 17.1 Å². The molecule has 0 bridgehead atoms. The van der Waals surface area contributed by atoms with Gasteiger partial charge in [-0.25, -0.2) is 9.67 Å². The Morgan fingerprint density at radius 2 is 1.97 bits per heavy atom. The maximum atomic E-state index is 11.0. The van der Waals surface area contributed by atoms with Crippen molar-refractivity contribution in [3.63, 3.8) is 0 Å². The van der Waals surface area contributed by atoms with Crippen molar-refractivity contribution in [1.82, 2.24) is 24.4 Å². The Morgan fingerprint density at radius 1 is 1.12 bits per heavy atom. The number of anilines is 1. The van der Waals surface area contributed by atoms with Gasteiger partial charge in [0.2, 0.25) is 0 Å². The topological polar surface area (TPSA) is 97.8 Å². The van der Waals surface area contributed by atoms with Crippen LogP contribution in [0.1, 0.15) is 17.7 Å². The molecule has 1 aromatic carbocycles. The lowest BCUT2D eigenvalue weighted by Crippen LogP contribution is -2.37. The molecule has 4 aromatic rings. The van der Waals surface area contributed by atoms with E-state index in [9.17, 15) is 4.79 Å². The molecule has 1 aliphatic heterocycles. The number of hydrogen-bond acceptors (Lipinski definition) is 6. The van der Waals surface area contributed by atoms with E-state index in [4.69, 9.17) is 19.9 Å². The van der Waals surface area contributed by atoms with Crippen molar-refractivity contribution >= 4 is 17.4 Å². The monoisotopic (exact) mass is 432 g/mol. The van der Waals surface area contributed by atoms with Gasteiger partial charge in [0.25, 0.3) is 0 Å². The van der Waals surface area contributed by atoms with Crippen LogP contribution in [0.4, 0.5) is 5.82 Å². The number of rotatable bonds is 6. The highest BCUT2D eigenvalue weighted by Gasteiger charge is 2.19. The maximum Gasteiger partial charge on any atom is 0.303 e. The van der Waals surface area contributed by atoms with Crippen molar-refractivity contribution in [2.24, 2.45) is 0 Å². The van der Waals surface area contributed by atoms with Gasteiger partial charge in [-0.05, 0) is 19.1 Å². The third kappa shape index (κ3) is 4.06. The summed E-state index contributed by atoms with van der Waals surface area (Å²) in [7, 11) is 0. The molecule has 0 amide bonds. The van der Waals surface area contributed by atoms with E-state index in [1.165, 1.54) is 5.56 Å². The fraction of sp³-hybridized carbons (Fsp3) is 0.304. The standard InChI is InChI=1S/C23H24N6O3/c1-16-3-2-4-17(13-16)19-7-8-28(26-19)20-15-22(27-9-11-32-12-10-27)29-21(24-20)14-18(25-29)5-6-23(30)31/h2-4,7-8,13-15H,5-6,9-12H2,1H3,(H,30,31). The van der Waals surface area contributed by atoms with Gasteiger partial charge in [0.05, 0.1) is 31.0 Å². The average Bonchev–Trinajstić information content (AvgIpc) is 3.45. The van der Waals surface area contributed by atoms with Crippen LogP contribution in [0.25, 0.3) is 22.7 Å². The minimum absolute atomic E-state index is 0.0304. The smallest absolute Gasteiger partial charge is 0.303 e. The van der Waals surface area contributed by atoms with Crippen molar-refractivity contribution in [3.05, 3.63) is 59.9 Å². The van der Waals surface area contributed by atoms with Crippen LogP contribution >= 0.6 is 0 Å². The van der Waals surface area contributed by atoms with Gasteiger partial charge in [-0.15, -0.1) is 0 Å². The first-order valence-electron chi connectivity index (χ1n) is 10.6. The summed E-state index contributed by atoms with van der Waals surface area (Å²) in [5, 5.41) is 18.4. The molecule has 0 aliphatic carbocycles. The van der Waals surface area contributed by atoms with E-state index < -0.39 is 5.97 Å². The van der Waals surface area contributed by atoms with Gasteiger partial charge in [-0.2, -0.15) is 14.7 Å². The fourth-order valence-electron chi connectivity index (χ4n) is 3.90. The quantitative estimate of drug-likeness (QED) is 0.500. The number of benzene rings is 1. The van der Waals surface area contributed by atoms with Crippen molar-refractivity contribution in [2.45, 2.75) is 19.8 Å². The van der Waals surface area contributed by atoms with E-state index in [-0.39, 0.29) is 6.42 Å². The molecule has 9 heteroatoms. The second-order valence-electron chi connectivity index (χ2n) is 7.89. The average molecular weight is 432 g/mol. The Labute approximate surface area is 184 Å². The summed E-state index contributed by atoms with van der Waals surface area (Å²) >= 11 is 0. The SMILES string of the molecule is Cc1cccc(-c2ccn(-c3cc(N4CCOCC4)n4nc(CCC(=O)O)cc4n3)n2)c1. The normalized spacial score (nSPS) is 14.2. The summed E-state index contributed by atoms with van der Waals surface area (Å²) in [6.07, 6.45) is 2.29. The largest absolute Gasteiger partial charge is 0.481 e. The number of carbonyl (C=O) groups is 1. The molecule has 1 fully saturated rings. The molecule has 1 aliphatic rings. The minimum Gasteiger partial charge on any atom is -0.481 e. The van der Waals surface area contributed by atoms with Gasteiger partial charge in [-0.1, -0.05) is 23.8 Å². The van der Waals surface area contributed by atoms with E-state index in [0.29, 0.717) is 36.8 Å². The van der Waals surface area contributed by atoms with Crippen LogP contribution in [0.5, 0.6) is 0 Å². The molecule has 4 heterocycles. The van der Waals surface area contributed by atoms with Crippen LogP contribution in [0.3, 0.4) is 0 Å². The van der Waals surface area contributed by atoms with E-state index in [0.717, 1.165) is 30.2 Å². The fourth-order valence-corrected chi connectivity index (χ4v) is 3.90. The number of aryl methyl sites for hydroxylation is 2. The van der Waals surface area contributed by atoms with Crippen molar-refractivity contribution in [2.75, 3.05) is 31.2 Å². The van der Waals surface area contributed by atoms with E-state index in [1.54, 1.807) is 9.20 Å². The Bertz CT molecular complexity index is 1270. The van der Waals surface area contributed by atoms with Crippen LogP contribution < -0.4 is 4.90 Å². The molecule has 0 radical (unpaired) electrons. The predicted octanol–water partition coefficient (Wildman–Crippen LogP) is 2.74. The summed E-state index contributed by atoms with van der Waals surface area (Å²) in [5.74, 6) is 0.731. The number of morpholine rings is 1. The molecule has 0 unspecified atom stereocenters. The molecule has 9 nitrogen and oxygen atoms in total. The number of hydrogen-bond donors (Lipinski definition) is 1. The highest BCUT2D eigenvalue weighted by Crippen LogP contribution is 2.24. The molecule has 32 heavy (non-hydrogen) atoms. The maximum absolute atomic E-state index is 11.0. The van der Waals surface area contributed by atoms with Crippen molar-refractivity contribution in [1.29, 1.82) is 0 Å². The second-order valence-corrected chi connectivity index (χ2v) is 7.89. The number of carboxylic acid groups (broad SMARTS) is 1. The lowest BCUT2D eigenvalue weighted by Gasteiger charge is -2.29. The Kier molecular flexibility index (Phi) is 5.32. The summed E-state index contributed by atoms with van der Waals surface area (Å²) in [5.41, 5.74) is 4.47. The molecule has 0 atom stereocenters. The van der Waals surface area contributed by atoms with Gasteiger partial charge in [-0.3, -0.25) is 4.79 Å². The summed E-state index contributed by atoms with van der Waals surface area (Å²) in [6, 6.07) is 14.0. The Balaban J connectivity index is 1.56. The van der Waals surface area contributed by atoms with Gasteiger partial charge in [0, 0.05) is 43.4 Å². The summed E-state index contributed by atoms with van der Waals surface area (Å²) in [6.45, 7) is 4.84. The van der Waals surface area contributed by atoms with E-state index in [1.807, 2.05) is 36.5 Å². The molecule has 3 aromatic heterocycles. The van der Waals surface area contributed by atoms with E-state index in [2.05, 4.69) is 29.1 Å². The zero-order valence-corrected chi connectivity index (χ0v) is 17.8. The molecule has 164 valence electrons. The molecule has 0 spiro atoms. The number of aliphatic carboxylic acids is 1. The first-order valence-corrected chi connectivity index (χ1v) is 10.6. The Morgan fingerprint density at radius 3 is 2.75 bits per heavy atom. The van der Waals surface area contributed by atoms with E-state index >= 15 is 0 Å². The number of ether oxygens (including phenoxy) is 1. The van der Waals surface area contributed by atoms with Crippen LogP contribution in [0, 0.1) is 6.92 Å². The zero-order chi connectivity index (χ0) is 22.1. The number of nitrogens with zero attached hydrogens (tertiary/aromatic N) is 6. The summed E-state index contributed by atoms with van der Waals surface area (Å²) in [4.78, 5) is 18.0. The van der Waals surface area contributed by atoms with Crippen molar-refractivity contribution < 1.29 is 14.6 Å². The van der Waals surface area contributed by atoms with Gasteiger partial charge in [0.15, 0.2) is 11.5 Å². The molecular weight excluding hydrogens is 408 g/mol. The van der Waals surface area contributed by atoms with Gasteiger partial charge < -0.3 is 14.7 Å². The molecule has 1 saturated heterocycles. The van der Waals surface area contributed by atoms with Crippen LogP contribution in [0.15, 0.2) is 48.7 Å². The third-order valence-corrected chi connectivity index (χ3v) is 5.51. The minimum atomic E-state index is -0.843. The first-order chi connectivity index (χ1) is 15.6. The van der Waals surface area contributed by atoms with Gasteiger partial charge >= 0.3 is 5.97 Å². The van der Waals surface area contributed by atoms with Crippen LogP contribution in [-0.4, -0.2) is 61.8 Å². The predicted molar refractivity (Wildman–Crippen MR) is 119 cm³/mol. The first kappa shape index (κ1) is 20.2. The zero-order valence-electron chi connectivity index (χ0n) is 17.8. The number of carboxylic acids is 1. The summed E-state index contributed by atoms with van der Waals surface area (Å²) < 4.78 is 9.07. The van der Waals surface area contributed by atoms with Crippen LogP contribution in [0.2, 0.25) is 0 Å². The highest BCUT2D eigenvalue weighted by atomic mass is 16.5. The molecular formula is C23H24N6O3. The number of fused-ring (bicyclic) bond motifs is 1. The number of aromatic nitrogens is 5. The lowest BCUT2D eigenvalue weighted by molar-refractivity contribution is -0.136. The molecule has 5 rings (SSSR count). The third-order valence-electron chi connectivity index (χ3n) is 5.51. The lowest BCUT2D eigenvalue weighted by atomic mass is 10.1. The molecule has 0 saturated carbocycles.